The standard InChI is InChI=1S/C74H64BrN3/c1-73(2,3)57-45-41-55(42-46-57)66-35-19-21-39-70(66)76(60-30-15-9-16-31-60)63-50-64(77(61-32-17-10-18-33-61)71-40-22-20-36-67(71)56-43-47-58(48-44-56)74(4,5)6)52-65(51-63)78(62-34-23-29-59(75)49-62)72-68(53-25-11-7-12-26-53)37-24-38-69(72)54-27-13-8-14-28-54/h7-52H,1-6H3. The molecular formula is C74H64BrN3. The molecular weight excluding hydrogens is 1010 g/mol. The normalized spacial score (nSPS) is 11.5. The van der Waals surface area contributed by atoms with Gasteiger partial charge < -0.3 is 14.7 Å². The lowest BCUT2D eigenvalue weighted by atomic mass is 9.86. The fourth-order valence-corrected chi connectivity index (χ4v) is 11.0. The van der Waals surface area contributed by atoms with Crippen molar-refractivity contribution >= 4 is 67.1 Å². The van der Waals surface area contributed by atoms with Gasteiger partial charge in [0.2, 0.25) is 0 Å². The average molecular weight is 1080 g/mol. The van der Waals surface area contributed by atoms with Crippen LogP contribution in [0.1, 0.15) is 52.7 Å². The van der Waals surface area contributed by atoms with E-state index in [1.165, 1.54) is 11.1 Å². The summed E-state index contributed by atoms with van der Waals surface area (Å²) in [6.45, 7) is 13.6. The summed E-state index contributed by atoms with van der Waals surface area (Å²) in [6.07, 6.45) is 0. The van der Waals surface area contributed by atoms with Crippen molar-refractivity contribution in [1.82, 2.24) is 0 Å². The van der Waals surface area contributed by atoms with Crippen LogP contribution in [-0.2, 0) is 10.8 Å². The van der Waals surface area contributed by atoms with Gasteiger partial charge in [-0.3, -0.25) is 0 Å². The van der Waals surface area contributed by atoms with Gasteiger partial charge in [-0.05, 0) is 117 Å². The first kappa shape index (κ1) is 51.4. The zero-order valence-corrected chi connectivity index (χ0v) is 46.9. The first-order valence-corrected chi connectivity index (χ1v) is 27.7. The molecule has 0 N–H and O–H groups in total. The molecule has 0 aliphatic heterocycles. The predicted octanol–water partition coefficient (Wildman–Crippen LogP) is 22.1. The Morgan fingerprint density at radius 2 is 0.577 bits per heavy atom. The Bertz CT molecular complexity index is 3580. The van der Waals surface area contributed by atoms with Crippen LogP contribution in [0.5, 0.6) is 0 Å². The van der Waals surface area contributed by atoms with Gasteiger partial charge in [-0.1, -0.05) is 264 Å². The molecule has 11 aromatic carbocycles. The number of anilines is 9. The van der Waals surface area contributed by atoms with Gasteiger partial charge in [0.15, 0.2) is 0 Å². The van der Waals surface area contributed by atoms with E-state index < -0.39 is 0 Å². The van der Waals surface area contributed by atoms with Crippen molar-refractivity contribution in [3.63, 3.8) is 0 Å². The highest BCUT2D eigenvalue weighted by molar-refractivity contribution is 9.10. The minimum Gasteiger partial charge on any atom is -0.310 e. The number of hydrogen-bond acceptors (Lipinski definition) is 3. The molecule has 0 bridgehead atoms. The van der Waals surface area contributed by atoms with Crippen molar-refractivity contribution in [3.05, 3.63) is 295 Å². The van der Waals surface area contributed by atoms with Crippen LogP contribution in [0.4, 0.5) is 51.2 Å². The summed E-state index contributed by atoms with van der Waals surface area (Å²) in [4.78, 5) is 7.37. The molecule has 11 rings (SSSR count). The lowest BCUT2D eigenvalue weighted by Crippen LogP contribution is -2.18. The van der Waals surface area contributed by atoms with Crippen molar-refractivity contribution in [1.29, 1.82) is 0 Å². The molecule has 0 radical (unpaired) electrons. The van der Waals surface area contributed by atoms with Gasteiger partial charge >= 0.3 is 0 Å². The number of hydrogen-bond donors (Lipinski definition) is 0. The third kappa shape index (κ3) is 10.8. The third-order valence-electron chi connectivity index (χ3n) is 14.6. The molecule has 0 aliphatic rings. The Morgan fingerprint density at radius 3 is 0.974 bits per heavy atom. The second-order valence-electron chi connectivity index (χ2n) is 22.0. The van der Waals surface area contributed by atoms with Gasteiger partial charge in [-0.15, -0.1) is 0 Å². The zero-order valence-electron chi connectivity index (χ0n) is 45.3. The monoisotopic (exact) mass is 1070 g/mol. The van der Waals surface area contributed by atoms with Crippen LogP contribution in [0.15, 0.2) is 284 Å². The van der Waals surface area contributed by atoms with Gasteiger partial charge in [0.05, 0.1) is 34.1 Å². The Balaban J connectivity index is 1.26. The maximum Gasteiger partial charge on any atom is 0.0618 e. The summed E-state index contributed by atoms with van der Waals surface area (Å²) < 4.78 is 0.981. The Hall–Kier alpha value is -8.70. The van der Waals surface area contributed by atoms with Crippen molar-refractivity contribution in [2.24, 2.45) is 0 Å². The first-order chi connectivity index (χ1) is 37.9. The largest absolute Gasteiger partial charge is 0.310 e. The molecule has 382 valence electrons. The lowest BCUT2D eigenvalue weighted by Gasteiger charge is -2.35. The fraction of sp³-hybridized carbons (Fsp3) is 0.108. The topological polar surface area (TPSA) is 9.72 Å². The number of para-hydroxylation sites is 5. The van der Waals surface area contributed by atoms with Gasteiger partial charge in [0.25, 0.3) is 0 Å². The van der Waals surface area contributed by atoms with E-state index in [4.69, 9.17) is 0 Å². The molecule has 78 heavy (non-hydrogen) atoms. The summed E-state index contributed by atoms with van der Waals surface area (Å²) in [5, 5.41) is 0. The average Bonchev–Trinajstić information content (AvgIpc) is 3.58. The first-order valence-electron chi connectivity index (χ1n) is 26.9. The van der Waals surface area contributed by atoms with Crippen LogP contribution in [0.3, 0.4) is 0 Å². The van der Waals surface area contributed by atoms with Gasteiger partial charge in [0.1, 0.15) is 0 Å². The smallest absolute Gasteiger partial charge is 0.0618 e. The van der Waals surface area contributed by atoms with Gasteiger partial charge in [-0.2, -0.15) is 0 Å². The van der Waals surface area contributed by atoms with Crippen LogP contribution in [-0.4, -0.2) is 0 Å². The molecule has 0 amide bonds. The van der Waals surface area contributed by atoms with Crippen LogP contribution >= 0.6 is 15.9 Å². The number of rotatable bonds is 13. The van der Waals surface area contributed by atoms with E-state index in [1.54, 1.807) is 0 Å². The van der Waals surface area contributed by atoms with E-state index >= 15 is 0 Å². The lowest BCUT2D eigenvalue weighted by molar-refractivity contribution is 0.590. The molecule has 0 aliphatic carbocycles. The molecule has 0 saturated heterocycles. The number of benzene rings is 11. The van der Waals surface area contributed by atoms with Crippen LogP contribution in [0, 0.1) is 0 Å². The summed E-state index contributed by atoms with van der Waals surface area (Å²) in [5.41, 5.74) is 20.8. The molecule has 0 fully saturated rings. The van der Waals surface area contributed by atoms with E-state index in [2.05, 4.69) is 351 Å². The van der Waals surface area contributed by atoms with E-state index in [0.29, 0.717) is 0 Å². The maximum atomic E-state index is 3.95. The minimum absolute atomic E-state index is 0.0177. The van der Waals surface area contributed by atoms with E-state index in [0.717, 1.165) is 100 Å². The van der Waals surface area contributed by atoms with E-state index in [-0.39, 0.29) is 10.8 Å². The molecule has 0 atom stereocenters. The van der Waals surface area contributed by atoms with Crippen molar-refractivity contribution in [2.75, 3.05) is 14.7 Å². The van der Waals surface area contributed by atoms with Crippen LogP contribution in [0.2, 0.25) is 0 Å². The Labute approximate surface area is 470 Å². The second kappa shape index (κ2) is 22.1. The third-order valence-corrected chi connectivity index (χ3v) is 15.1. The second-order valence-corrected chi connectivity index (χ2v) is 22.9. The Morgan fingerprint density at radius 1 is 0.256 bits per heavy atom. The molecule has 3 nitrogen and oxygen atoms in total. The summed E-state index contributed by atoms with van der Waals surface area (Å²) in [7, 11) is 0. The molecule has 0 heterocycles. The van der Waals surface area contributed by atoms with Crippen molar-refractivity contribution < 1.29 is 0 Å². The molecule has 11 aromatic rings. The highest BCUT2D eigenvalue weighted by Crippen LogP contribution is 2.52. The van der Waals surface area contributed by atoms with Gasteiger partial charge in [-0.25, -0.2) is 0 Å². The van der Waals surface area contributed by atoms with Crippen molar-refractivity contribution in [2.45, 2.75) is 52.4 Å². The SMILES string of the molecule is CC(C)(C)c1ccc(-c2ccccc2N(c2ccccc2)c2cc(N(c3ccccc3)c3ccccc3-c3ccc(C(C)(C)C)cc3)cc(N(c3cccc(Br)c3)c3c(-c4ccccc4)cccc3-c3ccccc3)c2)cc1. The van der Waals surface area contributed by atoms with Crippen LogP contribution < -0.4 is 14.7 Å². The molecule has 0 unspecified atom stereocenters. The number of nitrogens with zero attached hydrogens (tertiary/aromatic N) is 3. The molecule has 0 saturated carbocycles. The van der Waals surface area contributed by atoms with Gasteiger partial charge in [0, 0.05) is 43.8 Å². The number of halogens is 1. The maximum absolute atomic E-state index is 3.95. The highest BCUT2D eigenvalue weighted by Gasteiger charge is 2.28. The predicted molar refractivity (Wildman–Crippen MR) is 337 cm³/mol. The molecule has 0 aromatic heterocycles. The summed E-state index contributed by atoms with van der Waals surface area (Å²) in [6, 6.07) is 102. The molecule has 0 spiro atoms. The highest BCUT2D eigenvalue weighted by atomic mass is 79.9. The minimum atomic E-state index is 0.0177. The van der Waals surface area contributed by atoms with E-state index in [9.17, 15) is 0 Å². The quantitative estimate of drug-likeness (QED) is 0.114. The van der Waals surface area contributed by atoms with Crippen LogP contribution in [0.25, 0.3) is 44.5 Å². The summed E-state index contributed by atoms with van der Waals surface area (Å²) in [5.74, 6) is 0. The van der Waals surface area contributed by atoms with Crippen molar-refractivity contribution in [3.8, 4) is 44.5 Å². The Kier molecular flexibility index (Phi) is 14.6. The van der Waals surface area contributed by atoms with E-state index in [1.807, 2.05) is 0 Å². The zero-order chi connectivity index (χ0) is 53.8. The molecule has 4 heteroatoms. The fourth-order valence-electron chi connectivity index (χ4n) is 10.6. The summed E-state index contributed by atoms with van der Waals surface area (Å²) >= 11 is 3.95.